The molecule has 1 atom stereocenters. The molecule has 0 spiro atoms. The van der Waals surface area contributed by atoms with Gasteiger partial charge in [0.05, 0.1) is 10.6 Å². The van der Waals surface area contributed by atoms with E-state index in [1.54, 1.807) is 0 Å². The van der Waals surface area contributed by atoms with Crippen molar-refractivity contribution in [2.24, 2.45) is 0 Å². The van der Waals surface area contributed by atoms with E-state index in [2.05, 4.69) is 64.6 Å². The molecule has 0 saturated heterocycles. The lowest BCUT2D eigenvalue weighted by Crippen LogP contribution is -2.18. The Kier molecular flexibility index (Phi) is 5.83. The predicted molar refractivity (Wildman–Crippen MR) is 91.6 cm³/mol. The van der Waals surface area contributed by atoms with Crippen molar-refractivity contribution in [3.63, 3.8) is 0 Å². The zero-order valence-electron chi connectivity index (χ0n) is 12.8. The number of ether oxygens (including phenoxy) is 1. The van der Waals surface area contributed by atoms with Crippen molar-refractivity contribution >= 4 is 15.9 Å². The maximum absolute atomic E-state index is 5.73. The van der Waals surface area contributed by atoms with E-state index in [0.717, 1.165) is 16.8 Å². The summed E-state index contributed by atoms with van der Waals surface area (Å²) in [7, 11) is 0. The van der Waals surface area contributed by atoms with Crippen molar-refractivity contribution in [3.05, 3.63) is 64.1 Å². The van der Waals surface area contributed by atoms with Crippen LogP contribution in [0.25, 0.3) is 0 Å². The summed E-state index contributed by atoms with van der Waals surface area (Å²) in [6, 6.07) is 17.0. The predicted octanol–water partition coefficient (Wildman–Crippen LogP) is 5.09. The number of rotatable bonds is 6. The van der Waals surface area contributed by atoms with E-state index in [-0.39, 0.29) is 6.10 Å². The molecule has 112 valence electrons. The monoisotopic (exact) mass is 347 g/mol. The molecule has 0 aromatic heterocycles. The molecule has 1 N–H and O–H groups in total. The number of nitrogens with one attached hydrogen (secondary N) is 1. The highest BCUT2D eigenvalue weighted by atomic mass is 79.9. The molecule has 0 aliphatic carbocycles. The molecule has 0 aliphatic heterocycles. The van der Waals surface area contributed by atoms with Gasteiger partial charge < -0.3 is 10.1 Å². The molecule has 0 amide bonds. The molecule has 0 saturated carbocycles. The van der Waals surface area contributed by atoms with Crippen molar-refractivity contribution < 1.29 is 4.74 Å². The van der Waals surface area contributed by atoms with Gasteiger partial charge in [0.25, 0.3) is 0 Å². The Bertz CT molecular complexity index is 569. The minimum Gasteiger partial charge on any atom is -0.490 e. The van der Waals surface area contributed by atoms with Crippen LogP contribution >= 0.6 is 15.9 Å². The molecular formula is C18H22BrNO. The number of halogens is 1. The molecule has 3 heteroatoms. The minimum atomic E-state index is 0.184. The molecule has 0 heterocycles. The summed E-state index contributed by atoms with van der Waals surface area (Å²) >= 11 is 3.57. The fourth-order valence-electron chi connectivity index (χ4n) is 2.13. The quantitative estimate of drug-likeness (QED) is 0.785. The van der Waals surface area contributed by atoms with Gasteiger partial charge in [0.1, 0.15) is 5.75 Å². The summed E-state index contributed by atoms with van der Waals surface area (Å²) < 4.78 is 6.73. The first-order chi connectivity index (χ1) is 10.1. The van der Waals surface area contributed by atoms with E-state index in [1.807, 2.05) is 26.0 Å². The molecule has 2 nitrogen and oxygen atoms in total. The van der Waals surface area contributed by atoms with Gasteiger partial charge in [-0.1, -0.05) is 36.4 Å². The summed E-state index contributed by atoms with van der Waals surface area (Å²) in [6.45, 7) is 7.07. The first-order valence-corrected chi connectivity index (χ1v) is 8.09. The lowest BCUT2D eigenvalue weighted by Gasteiger charge is -2.16. The number of hydrogen-bond donors (Lipinski definition) is 1. The van der Waals surface area contributed by atoms with Crippen LogP contribution in [0.15, 0.2) is 53.0 Å². The van der Waals surface area contributed by atoms with E-state index < -0.39 is 0 Å². The number of benzene rings is 2. The van der Waals surface area contributed by atoms with Crippen LogP contribution in [0.5, 0.6) is 5.75 Å². The van der Waals surface area contributed by atoms with Crippen molar-refractivity contribution in [1.29, 1.82) is 0 Å². The lowest BCUT2D eigenvalue weighted by atomic mass is 10.1. The Morgan fingerprint density at radius 1 is 1.05 bits per heavy atom. The Morgan fingerprint density at radius 3 is 2.38 bits per heavy atom. The highest BCUT2D eigenvalue weighted by Crippen LogP contribution is 2.27. The molecule has 0 aliphatic rings. The Labute approximate surface area is 135 Å². The van der Waals surface area contributed by atoms with E-state index in [4.69, 9.17) is 4.74 Å². The van der Waals surface area contributed by atoms with Gasteiger partial charge in [0.2, 0.25) is 0 Å². The smallest absolute Gasteiger partial charge is 0.133 e. The molecule has 0 radical (unpaired) electrons. The summed E-state index contributed by atoms with van der Waals surface area (Å²) in [5.74, 6) is 0.893. The summed E-state index contributed by atoms with van der Waals surface area (Å²) in [6.07, 6.45) is 0.184. The second-order valence-electron chi connectivity index (χ2n) is 5.44. The largest absolute Gasteiger partial charge is 0.490 e. The van der Waals surface area contributed by atoms with Crippen molar-refractivity contribution in [2.45, 2.75) is 39.5 Å². The molecule has 0 fully saturated rings. The number of hydrogen-bond acceptors (Lipinski definition) is 2. The van der Waals surface area contributed by atoms with Crippen LogP contribution in [0.3, 0.4) is 0 Å². The molecule has 2 aromatic carbocycles. The lowest BCUT2D eigenvalue weighted by molar-refractivity contribution is 0.241. The van der Waals surface area contributed by atoms with Crippen LogP contribution in [0.2, 0.25) is 0 Å². The molecule has 2 aromatic rings. The van der Waals surface area contributed by atoms with Gasteiger partial charge in [-0.05, 0) is 60.0 Å². The molecule has 2 rings (SSSR count). The zero-order chi connectivity index (χ0) is 15.2. The molecule has 0 bridgehead atoms. The Balaban J connectivity index is 1.96. The van der Waals surface area contributed by atoms with Gasteiger partial charge in [0.15, 0.2) is 0 Å². The second-order valence-corrected chi connectivity index (χ2v) is 6.30. The van der Waals surface area contributed by atoms with Crippen molar-refractivity contribution in [2.75, 3.05) is 0 Å². The van der Waals surface area contributed by atoms with Crippen LogP contribution in [0, 0.1) is 0 Å². The minimum absolute atomic E-state index is 0.184. The average Bonchev–Trinajstić information content (AvgIpc) is 2.48. The molecule has 21 heavy (non-hydrogen) atoms. The fraction of sp³-hybridized carbons (Fsp3) is 0.333. The first-order valence-electron chi connectivity index (χ1n) is 7.29. The summed E-state index contributed by atoms with van der Waals surface area (Å²) in [5, 5.41) is 3.54. The Hall–Kier alpha value is -1.32. The summed E-state index contributed by atoms with van der Waals surface area (Å²) in [5.41, 5.74) is 2.54. The van der Waals surface area contributed by atoms with E-state index in [9.17, 15) is 0 Å². The summed E-state index contributed by atoms with van der Waals surface area (Å²) in [4.78, 5) is 0. The maximum atomic E-state index is 5.73. The standard InChI is InChI=1S/C18H22BrNO/c1-13(2)21-18-10-9-15(11-17(18)19)12-20-14(3)16-7-5-4-6-8-16/h4-11,13-14,20H,12H2,1-3H3. The van der Waals surface area contributed by atoms with Gasteiger partial charge in [-0.2, -0.15) is 0 Å². The van der Waals surface area contributed by atoms with E-state index >= 15 is 0 Å². The third kappa shape index (κ3) is 4.87. The van der Waals surface area contributed by atoms with Gasteiger partial charge in [0, 0.05) is 12.6 Å². The van der Waals surface area contributed by atoms with Crippen LogP contribution in [0.1, 0.15) is 37.9 Å². The van der Waals surface area contributed by atoms with Crippen molar-refractivity contribution in [3.8, 4) is 5.75 Å². The third-order valence-corrected chi connectivity index (χ3v) is 3.89. The topological polar surface area (TPSA) is 21.3 Å². The normalized spacial score (nSPS) is 12.4. The van der Waals surface area contributed by atoms with Crippen LogP contribution in [-0.2, 0) is 6.54 Å². The molecular weight excluding hydrogens is 326 g/mol. The highest BCUT2D eigenvalue weighted by Gasteiger charge is 2.07. The van der Waals surface area contributed by atoms with E-state index in [0.29, 0.717) is 6.04 Å². The maximum Gasteiger partial charge on any atom is 0.133 e. The third-order valence-electron chi connectivity index (χ3n) is 3.27. The van der Waals surface area contributed by atoms with Crippen LogP contribution in [-0.4, -0.2) is 6.10 Å². The first kappa shape index (κ1) is 16.1. The van der Waals surface area contributed by atoms with Gasteiger partial charge in [-0.25, -0.2) is 0 Å². The highest BCUT2D eigenvalue weighted by molar-refractivity contribution is 9.10. The zero-order valence-corrected chi connectivity index (χ0v) is 14.4. The second kappa shape index (κ2) is 7.62. The Morgan fingerprint density at radius 2 is 1.76 bits per heavy atom. The van der Waals surface area contributed by atoms with Crippen LogP contribution in [0.4, 0.5) is 0 Å². The van der Waals surface area contributed by atoms with Gasteiger partial charge >= 0.3 is 0 Å². The van der Waals surface area contributed by atoms with Gasteiger partial charge in [-0.3, -0.25) is 0 Å². The van der Waals surface area contributed by atoms with E-state index in [1.165, 1.54) is 11.1 Å². The SMILES string of the molecule is CC(C)Oc1ccc(CNC(C)c2ccccc2)cc1Br. The van der Waals surface area contributed by atoms with Gasteiger partial charge in [-0.15, -0.1) is 0 Å². The molecule has 1 unspecified atom stereocenters. The van der Waals surface area contributed by atoms with Crippen LogP contribution < -0.4 is 10.1 Å². The average molecular weight is 348 g/mol. The fourth-order valence-corrected chi connectivity index (χ4v) is 2.65. The van der Waals surface area contributed by atoms with Crippen molar-refractivity contribution in [1.82, 2.24) is 5.32 Å².